The van der Waals surface area contributed by atoms with E-state index in [9.17, 15) is 31.2 Å². The van der Waals surface area contributed by atoms with Crippen LogP contribution in [-0.4, -0.2) is 61.2 Å². The van der Waals surface area contributed by atoms with E-state index < -0.39 is 40.4 Å². The number of ether oxygens (including phenoxy) is 3. The number of methoxy groups -OCH3 is 1. The first-order chi connectivity index (χ1) is 22.2. The van der Waals surface area contributed by atoms with E-state index in [0.717, 1.165) is 23.5 Å². The summed E-state index contributed by atoms with van der Waals surface area (Å²) >= 11 is 0. The normalized spacial score (nSPS) is 11.7. The lowest BCUT2D eigenvalue weighted by Crippen LogP contribution is -2.46. The van der Waals surface area contributed by atoms with Gasteiger partial charge in [-0.3, -0.25) is 9.59 Å². The van der Waals surface area contributed by atoms with Crippen molar-refractivity contribution in [3.63, 3.8) is 0 Å². The monoisotopic (exact) mass is 675 g/mol. The fourth-order valence-corrected chi connectivity index (χ4v) is 5.58. The fourth-order valence-electron chi connectivity index (χ4n) is 4.34. The largest absolute Gasteiger partial charge is 0.497 e. The van der Waals surface area contributed by atoms with Gasteiger partial charge in [-0.25, -0.2) is 9.29 Å². The summed E-state index contributed by atoms with van der Waals surface area (Å²) in [4.78, 5) is 29.9. The van der Waals surface area contributed by atoms with E-state index in [2.05, 4.69) is 4.98 Å². The molecule has 0 saturated heterocycles. The first-order valence-electron chi connectivity index (χ1n) is 14.2. The average Bonchev–Trinajstić information content (AvgIpc) is 3.42. The Morgan fingerprint density at radius 1 is 0.979 bits per heavy atom. The maximum atomic E-state index is 13.6. The molecule has 0 spiro atoms. The molecule has 1 heterocycles. The lowest BCUT2D eigenvalue weighted by atomic mass is 10.1. The Labute approximate surface area is 269 Å². The molecule has 11 nitrogen and oxygen atoms in total. The second kappa shape index (κ2) is 14.7. The quantitative estimate of drug-likeness (QED) is 0.166. The van der Waals surface area contributed by atoms with Gasteiger partial charge in [-0.05, 0) is 80.1 Å². The highest BCUT2D eigenvalue weighted by molar-refractivity contribution is 7.87. The molecule has 1 amide bonds. The second-order valence-electron chi connectivity index (χ2n) is 10.1. The van der Waals surface area contributed by atoms with Gasteiger partial charge < -0.3 is 18.6 Å². The average molecular weight is 676 g/mol. The number of oxazole rings is 1. The number of aromatic nitrogens is 1. The molecule has 0 bridgehead atoms. The maximum Gasteiger partial charge on any atom is 0.416 e. The van der Waals surface area contributed by atoms with E-state index in [4.69, 9.17) is 18.6 Å². The standard InChI is InChI=1S/C32H32F3N3O8S/c1-5-44-29(39)19-38(47(41,42)37(3)31(40)24-11-15-26(43-4)16-12-24)18-22-7-6-8-27(17-22)45-20-28-21(2)46-30(36-28)23-9-13-25(14-10-23)32(33,34)35/h6-17H,5,18-20H2,1-4H3. The highest BCUT2D eigenvalue weighted by atomic mass is 32.2. The summed E-state index contributed by atoms with van der Waals surface area (Å²) in [6.07, 6.45) is -4.47. The molecule has 0 radical (unpaired) electrons. The minimum Gasteiger partial charge on any atom is -0.497 e. The third kappa shape index (κ3) is 8.68. The predicted molar refractivity (Wildman–Crippen MR) is 164 cm³/mol. The molecule has 3 aromatic carbocycles. The topological polar surface area (TPSA) is 128 Å². The molecule has 1 aromatic heterocycles. The van der Waals surface area contributed by atoms with Crippen molar-refractivity contribution >= 4 is 22.1 Å². The van der Waals surface area contributed by atoms with Crippen LogP contribution in [0.5, 0.6) is 11.5 Å². The van der Waals surface area contributed by atoms with Crippen LogP contribution in [0, 0.1) is 6.92 Å². The molecule has 0 saturated carbocycles. The number of esters is 1. The summed E-state index contributed by atoms with van der Waals surface area (Å²) in [5.41, 5.74) is 0.483. The van der Waals surface area contributed by atoms with Gasteiger partial charge in [-0.15, -0.1) is 0 Å². The van der Waals surface area contributed by atoms with Crippen LogP contribution < -0.4 is 9.47 Å². The van der Waals surface area contributed by atoms with Crippen LogP contribution in [0.15, 0.2) is 77.2 Å². The number of amides is 1. The zero-order valence-corrected chi connectivity index (χ0v) is 26.7. The van der Waals surface area contributed by atoms with E-state index in [0.29, 0.717) is 38.4 Å². The lowest BCUT2D eigenvalue weighted by molar-refractivity contribution is -0.143. The van der Waals surface area contributed by atoms with Gasteiger partial charge in [0, 0.05) is 24.7 Å². The third-order valence-corrected chi connectivity index (χ3v) is 8.66. The van der Waals surface area contributed by atoms with Crippen molar-refractivity contribution in [2.24, 2.45) is 0 Å². The Morgan fingerprint density at radius 3 is 2.28 bits per heavy atom. The van der Waals surface area contributed by atoms with Gasteiger partial charge in [0.1, 0.15) is 36.1 Å². The Hall–Kier alpha value is -4.89. The lowest BCUT2D eigenvalue weighted by Gasteiger charge is -2.27. The van der Waals surface area contributed by atoms with Crippen molar-refractivity contribution in [3.05, 3.63) is 101 Å². The van der Waals surface area contributed by atoms with Gasteiger partial charge in [-0.1, -0.05) is 12.1 Å². The molecule has 0 aliphatic heterocycles. The van der Waals surface area contributed by atoms with E-state index >= 15 is 0 Å². The molecule has 0 aliphatic rings. The van der Waals surface area contributed by atoms with Crippen molar-refractivity contribution in [1.82, 2.24) is 13.6 Å². The minimum absolute atomic E-state index is 0.0265. The zero-order chi connectivity index (χ0) is 34.4. The Bertz CT molecular complexity index is 1810. The number of hydrogen-bond donors (Lipinski definition) is 0. The molecule has 4 aromatic rings. The molecular formula is C32H32F3N3O8S. The third-order valence-electron chi connectivity index (χ3n) is 6.89. The van der Waals surface area contributed by atoms with Gasteiger partial charge in [0.25, 0.3) is 5.91 Å². The SMILES string of the molecule is CCOC(=O)CN(Cc1cccc(OCc2nc(-c3ccc(C(F)(F)F)cc3)oc2C)c1)S(=O)(=O)N(C)C(=O)c1ccc(OC)cc1. The van der Waals surface area contributed by atoms with E-state index in [1.54, 1.807) is 38.1 Å². The summed E-state index contributed by atoms with van der Waals surface area (Å²) in [6, 6.07) is 16.7. The van der Waals surface area contributed by atoms with Crippen LogP contribution in [-0.2, 0) is 39.1 Å². The molecule has 0 fully saturated rings. The fraction of sp³-hybridized carbons (Fsp3) is 0.281. The molecule has 4 rings (SSSR count). The molecule has 47 heavy (non-hydrogen) atoms. The van der Waals surface area contributed by atoms with Crippen LogP contribution in [0.2, 0.25) is 0 Å². The zero-order valence-electron chi connectivity index (χ0n) is 25.9. The highest BCUT2D eigenvalue weighted by Gasteiger charge is 2.33. The summed E-state index contributed by atoms with van der Waals surface area (Å²) in [5, 5.41) is 0. The number of aryl methyl sites for hydroxylation is 1. The number of benzene rings is 3. The molecular weight excluding hydrogens is 643 g/mol. The predicted octanol–water partition coefficient (Wildman–Crippen LogP) is 5.64. The van der Waals surface area contributed by atoms with Crippen LogP contribution in [0.3, 0.4) is 0 Å². The molecule has 0 unspecified atom stereocenters. The summed E-state index contributed by atoms with van der Waals surface area (Å²) in [6.45, 7) is 2.21. The number of halogens is 3. The Kier molecular flexibility index (Phi) is 10.9. The van der Waals surface area contributed by atoms with Crippen molar-refractivity contribution in [1.29, 1.82) is 0 Å². The minimum atomic E-state index is -4.52. The Balaban J connectivity index is 1.50. The van der Waals surface area contributed by atoms with Gasteiger partial charge in [-0.2, -0.15) is 25.9 Å². The van der Waals surface area contributed by atoms with Gasteiger partial charge in [0.05, 0.1) is 19.3 Å². The molecule has 0 aliphatic carbocycles. The van der Waals surface area contributed by atoms with E-state index in [-0.39, 0.29) is 31.2 Å². The van der Waals surface area contributed by atoms with Crippen molar-refractivity contribution in [3.8, 4) is 23.0 Å². The first kappa shape index (κ1) is 35.0. The first-order valence-corrected chi connectivity index (χ1v) is 15.6. The smallest absolute Gasteiger partial charge is 0.416 e. The molecule has 0 atom stereocenters. The molecule has 250 valence electrons. The van der Waals surface area contributed by atoms with Gasteiger partial charge in [0.2, 0.25) is 5.89 Å². The second-order valence-corrected chi connectivity index (χ2v) is 12.1. The van der Waals surface area contributed by atoms with Crippen molar-refractivity contribution in [2.45, 2.75) is 33.2 Å². The molecule has 0 N–H and O–H groups in total. The van der Waals surface area contributed by atoms with Crippen LogP contribution in [0.4, 0.5) is 13.2 Å². The summed E-state index contributed by atoms with van der Waals surface area (Å²) in [7, 11) is -1.97. The van der Waals surface area contributed by atoms with Crippen LogP contribution in [0.1, 0.15) is 39.9 Å². The summed E-state index contributed by atoms with van der Waals surface area (Å²) in [5.74, 6) is -0.297. The summed E-state index contributed by atoms with van der Waals surface area (Å²) < 4.78 is 89.0. The molecule has 15 heteroatoms. The Morgan fingerprint density at radius 2 is 1.66 bits per heavy atom. The number of carbonyl (C=O) groups excluding carboxylic acids is 2. The highest BCUT2D eigenvalue weighted by Crippen LogP contribution is 2.31. The van der Waals surface area contributed by atoms with Gasteiger partial charge in [0.15, 0.2) is 0 Å². The number of nitrogens with zero attached hydrogens (tertiary/aromatic N) is 3. The van der Waals surface area contributed by atoms with Crippen molar-refractivity contribution < 1.29 is 49.8 Å². The van der Waals surface area contributed by atoms with Crippen molar-refractivity contribution in [2.75, 3.05) is 27.3 Å². The maximum absolute atomic E-state index is 13.6. The number of hydrogen-bond acceptors (Lipinski definition) is 9. The number of carbonyl (C=O) groups is 2. The van der Waals surface area contributed by atoms with E-state index in [1.165, 1.54) is 43.5 Å². The van der Waals surface area contributed by atoms with Gasteiger partial charge >= 0.3 is 22.4 Å². The number of alkyl halides is 3. The van der Waals surface area contributed by atoms with Crippen LogP contribution >= 0.6 is 0 Å². The van der Waals surface area contributed by atoms with E-state index in [1.807, 2.05) is 0 Å². The van der Waals surface area contributed by atoms with Crippen LogP contribution in [0.25, 0.3) is 11.5 Å². The number of rotatable bonds is 13.